The van der Waals surface area contributed by atoms with Crippen molar-refractivity contribution in [2.24, 2.45) is 5.73 Å². The zero-order chi connectivity index (χ0) is 25.0. The van der Waals surface area contributed by atoms with Crippen LogP contribution in [0.15, 0.2) is 53.9 Å². The highest BCUT2D eigenvalue weighted by atomic mass is 32.1. The van der Waals surface area contributed by atoms with E-state index in [9.17, 15) is 14.7 Å². The fraction of sp³-hybridized carbons (Fsp3) is 0.192. The number of primary amides is 1. The molecule has 0 atom stereocenters. The average Bonchev–Trinajstić information content (AvgIpc) is 3.39. The van der Waals surface area contributed by atoms with Gasteiger partial charge in [0.25, 0.3) is 0 Å². The maximum absolute atomic E-state index is 11.2. The fourth-order valence-corrected chi connectivity index (χ4v) is 4.44. The third-order valence-electron chi connectivity index (χ3n) is 5.79. The number of aryl methyl sites for hydroxylation is 1. The Morgan fingerprint density at radius 2 is 1.68 bits per heavy atom. The van der Waals surface area contributed by atoms with Crippen molar-refractivity contribution in [1.29, 1.82) is 0 Å². The van der Waals surface area contributed by atoms with Crippen molar-refractivity contribution in [2.75, 3.05) is 5.73 Å². The first kappa shape index (κ1) is 24.7. The smallest absolute Gasteiger partial charge is 0.337 e. The zero-order valence-electron chi connectivity index (χ0n) is 19.6. The Labute approximate surface area is 202 Å². The van der Waals surface area contributed by atoms with Gasteiger partial charge in [0.2, 0.25) is 5.91 Å². The molecule has 2 aromatic carbocycles. The number of nitrogens with two attached hydrogens (primary N) is 2. The maximum Gasteiger partial charge on any atom is 0.337 e. The molecule has 0 aliphatic carbocycles. The lowest BCUT2D eigenvalue weighted by Gasteiger charge is -2.07. The molecule has 0 aliphatic rings. The first-order valence-corrected chi connectivity index (χ1v) is 11.5. The lowest BCUT2D eigenvalue weighted by molar-refractivity contribution is 0.0695. The van der Waals surface area contributed by atoms with E-state index < -0.39 is 11.9 Å². The van der Waals surface area contributed by atoms with Crippen LogP contribution in [0, 0.1) is 27.7 Å². The number of benzene rings is 2. The van der Waals surface area contributed by atoms with E-state index in [0.717, 1.165) is 38.8 Å². The third-order valence-corrected chi connectivity index (χ3v) is 6.73. The number of rotatable bonds is 5. The predicted octanol–water partition coefficient (Wildman–Crippen LogP) is 4.96. The van der Waals surface area contributed by atoms with Gasteiger partial charge in [0, 0.05) is 33.6 Å². The molecular formula is C26H28N4O3S. The summed E-state index contributed by atoms with van der Waals surface area (Å²) in [6.07, 6.45) is 0. The van der Waals surface area contributed by atoms with Crippen LogP contribution in [0.5, 0.6) is 0 Å². The molecule has 5 N–H and O–H groups in total. The molecular weight excluding hydrogens is 448 g/mol. The van der Waals surface area contributed by atoms with Crippen LogP contribution >= 0.6 is 11.3 Å². The van der Waals surface area contributed by atoms with Crippen molar-refractivity contribution in [1.82, 2.24) is 9.55 Å². The Morgan fingerprint density at radius 1 is 1.00 bits per heavy atom. The second kappa shape index (κ2) is 10.4. The molecule has 0 spiro atoms. The van der Waals surface area contributed by atoms with Crippen molar-refractivity contribution >= 4 is 28.9 Å². The molecule has 0 saturated heterocycles. The lowest BCUT2D eigenvalue weighted by atomic mass is 10.0. The number of aromatic carboxylic acids is 1. The molecule has 2 aromatic heterocycles. The van der Waals surface area contributed by atoms with E-state index in [1.165, 1.54) is 0 Å². The summed E-state index contributed by atoms with van der Waals surface area (Å²) in [6.45, 7) is 8.06. The van der Waals surface area contributed by atoms with Crippen LogP contribution in [0.4, 0.5) is 5.69 Å². The quantitative estimate of drug-likeness (QED) is 0.351. The number of anilines is 1. The van der Waals surface area contributed by atoms with Crippen LogP contribution in [0.1, 0.15) is 48.9 Å². The molecule has 2 heterocycles. The maximum atomic E-state index is 11.2. The monoisotopic (exact) mass is 476 g/mol. The van der Waals surface area contributed by atoms with Crippen LogP contribution in [0.3, 0.4) is 0 Å². The van der Waals surface area contributed by atoms with E-state index in [-0.39, 0.29) is 0 Å². The number of carboxylic acids is 1. The molecule has 0 aliphatic heterocycles. The Bertz CT molecular complexity index is 1340. The summed E-state index contributed by atoms with van der Waals surface area (Å²) in [6, 6.07) is 15.1. The Hall–Kier alpha value is -3.91. The van der Waals surface area contributed by atoms with Crippen LogP contribution in [0.2, 0.25) is 0 Å². The van der Waals surface area contributed by atoms with Gasteiger partial charge in [-0.2, -0.15) is 0 Å². The number of nitrogens with zero attached hydrogens (tertiary/aromatic N) is 2. The minimum atomic E-state index is -0.886. The summed E-state index contributed by atoms with van der Waals surface area (Å²) in [7, 11) is 0. The highest BCUT2D eigenvalue weighted by Crippen LogP contribution is 2.25. The highest BCUT2D eigenvalue weighted by molar-refractivity contribution is 7.13. The number of nitrogen functional groups attached to an aromatic ring is 1. The van der Waals surface area contributed by atoms with E-state index in [1.54, 1.807) is 29.5 Å². The van der Waals surface area contributed by atoms with Gasteiger partial charge in [-0.15, -0.1) is 11.3 Å². The Morgan fingerprint density at radius 3 is 2.26 bits per heavy atom. The summed E-state index contributed by atoms with van der Waals surface area (Å²) >= 11 is 1.61. The normalized spacial score (nSPS) is 10.5. The number of aromatic nitrogens is 2. The highest BCUT2D eigenvalue weighted by Gasteiger charge is 2.15. The topological polar surface area (TPSA) is 124 Å². The van der Waals surface area contributed by atoms with Gasteiger partial charge in [0.05, 0.1) is 17.8 Å². The van der Waals surface area contributed by atoms with E-state index in [0.29, 0.717) is 23.4 Å². The summed E-state index contributed by atoms with van der Waals surface area (Å²) in [4.78, 5) is 26.7. The second-order valence-corrected chi connectivity index (χ2v) is 8.86. The summed E-state index contributed by atoms with van der Waals surface area (Å²) in [5, 5.41) is 12.2. The van der Waals surface area contributed by atoms with Crippen molar-refractivity contribution in [3.05, 3.63) is 93.2 Å². The van der Waals surface area contributed by atoms with Gasteiger partial charge >= 0.3 is 5.97 Å². The molecule has 0 fully saturated rings. The molecule has 176 valence electrons. The van der Waals surface area contributed by atoms with Crippen molar-refractivity contribution < 1.29 is 14.7 Å². The molecule has 7 nitrogen and oxygen atoms in total. The minimum absolute atomic E-state index is 0.357. The number of carboxylic acid groups (broad SMARTS) is 1. The second-order valence-electron chi connectivity index (χ2n) is 8.00. The lowest BCUT2D eigenvalue weighted by Crippen LogP contribution is -2.13. The van der Waals surface area contributed by atoms with Gasteiger partial charge < -0.3 is 21.1 Å². The minimum Gasteiger partial charge on any atom is -0.478 e. The van der Waals surface area contributed by atoms with Gasteiger partial charge in [-0.1, -0.05) is 30.3 Å². The molecule has 0 radical (unpaired) electrons. The number of carbonyl (C=O) groups is 2. The molecule has 0 saturated carbocycles. The molecule has 0 bridgehead atoms. The van der Waals surface area contributed by atoms with E-state index in [4.69, 9.17) is 11.5 Å². The van der Waals surface area contributed by atoms with Crippen LogP contribution in [-0.2, 0) is 6.54 Å². The first-order chi connectivity index (χ1) is 16.1. The molecule has 4 rings (SSSR count). The summed E-state index contributed by atoms with van der Waals surface area (Å²) < 4.78 is 1.99. The fourth-order valence-electron chi connectivity index (χ4n) is 3.62. The summed E-state index contributed by atoms with van der Waals surface area (Å²) in [5.41, 5.74) is 17.9. The Kier molecular flexibility index (Phi) is 7.53. The molecule has 8 heteroatoms. The zero-order valence-corrected chi connectivity index (χ0v) is 20.4. The van der Waals surface area contributed by atoms with E-state index in [1.807, 2.05) is 68.0 Å². The van der Waals surface area contributed by atoms with Gasteiger partial charge in [-0.3, -0.25) is 4.79 Å². The number of hydrogen-bond donors (Lipinski definition) is 3. The number of hydrogen-bond acceptors (Lipinski definition) is 5. The predicted molar refractivity (Wildman–Crippen MR) is 136 cm³/mol. The van der Waals surface area contributed by atoms with E-state index >= 15 is 0 Å². The number of thiazole rings is 1. The van der Waals surface area contributed by atoms with Gasteiger partial charge in [-0.25, -0.2) is 9.78 Å². The van der Waals surface area contributed by atoms with Crippen LogP contribution in [0.25, 0.3) is 10.6 Å². The number of carbonyl (C=O) groups excluding carboxylic acids is 1. The van der Waals surface area contributed by atoms with Crippen molar-refractivity contribution in [2.45, 2.75) is 34.2 Å². The Balaban J connectivity index is 0.000000229. The SMILES string of the molecule is Cc1c(N)ccc(C(N)=O)c1C.Cc1cc(C(=O)O)c(C)n1Cc1csc(-c2ccccc2)n1. The van der Waals surface area contributed by atoms with Crippen molar-refractivity contribution in [3.8, 4) is 10.6 Å². The summed E-state index contributed by atoms with van der Waals surface area (Å²) in [5.74, 6) is -1.29. The first-order valence-electron chi connectivity index (χ1n) is 10.7. The van der Waals surface area contributed by atoms with Crippen molar-refractivity contribution in [3.63, 3.8) is 0 Å². The standard InChI is InChI=1S/C17H16N2O2S.C9H12N2O/c1-11-8-15(17(20)21)12(2)19(11)9-14-10-22-16(18-14)13-6-4-3-5-7-13;1-5-6(2)8(10)4-3-7(5)9(11)12/h3-8,10H,9H2,1-2H3,(H,20,21);3-4H,10H2,1-2H3,(H2,11,12). The van der Waals surface area contributed by atoms with Crippen LogP contribution < -0.4 is 11.5 Å². The van der Waals surface area contributed by atoms with E-state index in [2.05, 4.69) is 4.98 Å². The average molecular weight is 477 g/mol. The third kappa shape index (κ3) is 5.35. The van der Waals surface area contributed by atoms with Gasteiger partial charge in [0.15, 0.2) is 0 Å². The van der Waals surface area contributed by atoms with Gasteiger partial charge in [0.1, 0.15) is 5.01 Å². The number of amides is 1. The molecule has 1 amide bonds. The van der Waals surface area contributed by atoms with Gasteiger partial charge in [-0.05, 0) is 57.0 Å². The molecule has 0 unspecified atom stereocenters. The molecule has 34 heavy (non-hydrogen) atoms. The largest absolute Gasteiger partial charge is 0.478 e. The van der Waals surface area contributed by atoms with Crippen LogP contribution in [-0.4, -0.2) is 26.5 Å². The molecule has 4 aromatic rings.